The van der Waals surface area contributed by atoms with Crippen LogP contribution in [-0.2, 0) is 9.26 Å². The molecule has 0 amide bonds. The topological polar surface area (TPSA) is 30.8 Å². The van der Waals surface area contributed by atoms with E-state index in [9.17, 15) is 0 Å². The van der Waals surface area contributed by atoms with Gasteiger partial charge in [0.1, 0.15) is 0 Å². The van der Waals surface area contributed by atoms with E-state index < -0.39 is 8.32 Å². The van der Waals surface area contributed by atoms with Gasteiger partial charge in [-0.2, -0.15) is 0 Å². The maximum atomic E-state index is 6.45. The van der Waals surface area contributed by atoms with Crippen molar-refractivity contribution in [1.29, 1.82) is 0 Å². The summed E-state index contributed by atoms with van der Waals surface area (Å²) in [5, 5.41) is 4.52. The fourth-order valence-electron chi connectivity index (χ4n) is 2.21. The molecule has 1 unspecified atom stereocenters. The minimum Gasteiger partial charge on any atom is -0.381 e. The molecule has 0 bridgehead atoms. The highest BCUT2D eigenvalue weighted by Gasteiger charge is 2.46. The van der Waals surface area contributed by atoms with Crippen molar-refractivity contribution in [2.24, 2.45) is 10.6 Å². The molecule has 1 aliphatic rings. The summed E-state index contributed by atoms with van der Waals surface area (Å²) in [5.74, 6) is 0. The molecule has 1 aromatic carbocycles. The summed E-state index contributed by atoms with van der Waals surface area (Å²) in [5.41, 5.74) is 2.03. The number of hydrogen-bond donors (Lipinski definition) is 0. The summed E-state index contributed by atoms with van der Waals surface area (Å²) in [4.78, 5) is 5.79. The minimum absolute atomic E-state index is 0.0948. The maximum Gasteiger partial charge on any atom is 0.223 e. The second-order valence-corrected chi connectivity index (χ2v) is 13.1. The molecule has 1 heterocycles. The summed E-state index contributed by atoms with van der Waals surface area (Å²) in [6.45, 7) is 15.6. The maximum absolute atomic E-state index is 6.45. The molecule has 0 saturated heterocycles. The number of benzene rings is 1. The van der Waals surface area contributed by atoms with Gasteiger partial charge in [-0.3, -0.25) is 0 Å². The molecule has 2 rings (SSSR count). The molecule has 122 valence electrons. The Labute approximate surface area is 135 Å². The van der Waals surface area contributed by atoms with Crippen molar-refractivity contribution in [1.82, 2.24) is 0 Å². The lowest BCUT2D eigenvalue weighted by Crippen LogP contribution is -2.50. The van der Waals surface area contributed by atoms with Gasteiger partial charge in [-0.1, -0.05) is 70.1 Å². The first-order valence-electron chi connectivity index (χ1n) is 7.99. The van der Waals surface area contributed by atoms with E-state index in [0.717, 1.165) is 17.7 Å². The molecule has 0 N–H and O–H groups in total. The molecular formula is C18H29NO2Si. The summed E-state index contributed by atoms with van der Waals surface area (Å²) >= 11 is 0. The van der Waals surface area contributed by atoms with Crippen molar-refractivity contribution in [3.8, 4) is 0 Å². The van der Waals surface area contributed by atoms with Gasteiger partial charge in [-0.05, 0) is 23.7 Å². The highest BCUT2D eigenvalue weighted by molar-refractivity contribution is 6.74. The van der Waals surface area contributed by atoms with Crippen molar-refractivity contribution in [2.45, 2.75) is 65.5 Å². The van der Waals surface area contributed by atoms with Crippen LogP contribution in [0.25, 0.3) is 0 Å². The van der Waals surface area contributed by atoms with E-state index in [1.165, 1.54) is 0 Å². The van der Waals surface area contributed by atoms with E-state index in [4.69, 9.17) is 9.26 Å². The molecule has 0 saturated carbocycles. The van der Waals surface area contributed by atoms with Crippen LogP contribution in [0.3, 0.4) is 0 Å². The molecule has 0 aromatic heterocycles. The van der Waals surface area contributed by atoms with Crippen molar-refractivity contribution in [2.75, 3.05) is 0 Å². The zero-order valence-electron chi connectivity index (χ0n) is 14.9. The van der Waals surface area contributed by atoms with Crippen LogP contribution in [0.2, 0.25) is 18.1 Å². The van der Waals surface area contributed by atoms with Crippen LogP contribution < -0.4 is 0 Å². The summed E-state index contributed by atoms with van der Waals surface area (Å²) in [7, 11) is -1.88. The quantitative estimate of drug-likeness (QED) is 0.718. The molecule has 0 aliphatic carbocycles. The van der Waals surface area contributed by atoms with E-state index in [-0.39, 0.29) is 16.7 Å². The monoisotopic (exact) mass is 319 g/mol. The zero-order chi connectivity index (χ0) is 16.6. The average molecular weight is 320 g/mol. The Morgan fingerprint density at radius 2 is 1.77 bits per heavy atom. The third kappa shape index (κ3) is 3.61. The van der Waals surface area contributed by atoms with Crippen LogP contribution >= 0.6 is 0 Å². The number of rotatable bonds is 3. The molecule has 0 radical (unpaired) electrons. The standard InChI is InChI=1S/C18H29NO2Si/c1-17(2,3)22(6,7)21-16-18(4,5)13-15(19-20-16)14-11-9-8-10-12-14/h8-12,16H,13H2,1-7H3. The molecule has 4 heteroatoms. The lowest BCUT2D eigenvalue weighted by Gasteiger charge is -2.44. The van der Waals surface area contributed by atoms with Crippen LogP contribution in [0, 0.1) is 5.41 Å². The number of oxime groups is 1. The minimum atomic E-state index is -1.88. The third-order valence-electron chi connectivity index (χ3n) is 4.83. The van der Waals surface area contributed by atoms with Crippen molar-refractivity contribution >= 4 is 14.0 Å². The van der Waals surface area contributed by atoms with Crippen LogP contribution in [0.15, 0.2) is 35.5 Å². The summed E-state index contributed by atoms with van der Waals surface area (Å²) < 4.78 is 6.45. The summed E-state index contributed by atoms with van der Waals surface area (Å²) in [6, 6.07) is 10.2. The van der Waals surface area contributed by atoms with Crippen LogP contribution in [-0.4, -0.2) is 20.3 Å². The molecule has 1 aromatic rings. The molecule has 0 spiro atoms. The molecule has 22 heavy (non-hydrogen) atoms. The SMILES string of the molecule is CC1(C)CC(c2ccccc2)=NOC1O[Si](C)(C)C(C)(C)C. The predicted molar refractivity (Wildman–Crippen MR) is 94.5 cm³/mol. The molecular weight excluding hydrogens is 290 g/mol. The Balaban J connectivity index is 2.19. The van der Waals surface area contributed by atoms with E-state index in [0.29, 0.717) is 0 Å². The van der Waals surface area contributed by atoms with Gasteiger partial charge in [0.05, 0.1) is 5.71 Å². The molecule has 3 nitrogen and oxygen atoms in total. The summed E-state index contributed by atoms with van der Waals surface area (Å²) in [6.07, 6.45) is 0.580. The van der Waals surface area contributed by atoms with E-state index in [1.54, 1.807) is 0 Å². The van der Waals surface area contributed by atoms with Gasteiger partial charge in [0.2, 0.25) is 6.29 Å². The Hall–Kier alpha value is -1.13. The van der Waals surface area contributed by atoms with Gasteiger partial charge in [0.25, 0.3) is 0 Å². The Morgan fingerprint density at radius 1 is 1.18 bits per heavy atom. The van der Waals surface area contributed by atoms with Gasteiger partial charge in [0.15, 0.2) is 8.32 Å². The van der Waals surface area contributed by atoms with Gasteiger partial charge < -0.3 is 9.26 Å². The Morgan fingerprint density at radius 3 is 2.27 bits per heavy atom. The Kier molecular flexibility index (Phi) is 4.55. The second-order valence-electron chi connectivity index (χ2n) is 8.38. The normalized spacial score (nSPS) is 22.0. The first-order chi connectivity index (χ1) is 10.0. The predicted octanol–water partition coefficient (Wildman–Crippen LogP) is 5.19. The largest absolute Gasteiger partial charge is 0.381 e. The van der Waals surface area contributed by atoms with E-state index >= 15 is 0 Å². The highest BCUT2D eigenvalue weighted by Crippen LogP contribution is 2.42. The fraction of sp³-hybridized carbons (Fsp3) is 0.611. The second kappa shape index (κ2) is 5.82. The van der Waals surface area contributed by atoms with Gasteiger partial charge in [-0.25, -0.2) is 0 Å². The van der Waals surface area contributed by atoms with Crippen LogP contribution in [0.5, 0.6) is 0 Å². The van der Waals surface area contributed by atoms with Crippen molar-refractivity contribution < 1.29 is 9.26 Å². The highest BCUT2D eigenvalue weighted by atomic mass is 28.4. The Bertz CT molecular complexity index is 544. The third-order valence-corrected chi connectivity index (χ3v) is 9.25. The van der Waals surface area contributed by atoms with Crippen LogP contribution in [0.1, 0.15) is 46.6 Å². The van der Waals surface area contributed by atoms with Crippen molar-refractivity contribution in [3.63, 3.8) is 0 Å². The lowest BCUT2D eigenvalue weighted by atomic mass is 9.84. The van der Waals surface area contributed by atoms with Gasteiger partial charge >= 0.3 is 0 Å². The smallest absolute Gasteiger partial charge is 0.223 e. The molecule has 0 fully saturated rings. The van der Waals surface area contributed by atoms with E-state index in [1.807, 2.05) is 18.2 Å². The van der Waals surface area contributed by atoms with Crippen molar-refractivity contribution in [3.05, 3.63) is 35.9 Å². The molecule has 1 atom stereocenters. The number of hydrogen-bond acceptors (Lipinski definition) is 3. The van der Waals surface area contributed by atoms with Gasteiger partial charge in [-0.15, -0.1) is 0 Å². The van der Waals surface area contributed by atoms with Gasteiger partial charge in [0, 0.05) is 11.8 Å². The zero-order valence-corrected chi connectivity index (χ0v) is 15.9. The fourth-order valence-corrected chi connectivity index (χ4v) is 3.46. The average Bonchev–Trinajstić information content (AvgIpc) is 2.40. The van der Waals surface area contributed by atoms with Crippen LogP contribution in [0.4, 0.5) is 0 Å². The lowest BCUT2D eigenvalue weighted by molar-refractivity contribution is -0.161. The first kappa shape index (κ1) is 17.2. The first-order valence-corrected chi connectivity index (χ1v) is 10.9. The molecule has 1 aliphatic heterocycles. The van der Waals surface area contributed by atoms with E-state index in [2.05, 4.69) is 65.0 Å². The number of nitrogens with zero attached hydrogens (tertiary/aromatic N) is 1.